The number of benzene rings is 1. The fraction of sp³-hybridized carbons (Fsp3) is 0.357. The maximum atomic E-state index is 11.7. The van der Waals surface area contributed by atoms with Crippen molar-refractivity contribution in [1.82, 2.24) is 5.32 Å². The van der Waals surface area contributed by atoms with Gasteiger partial charge in [-0.05, 0) is 30.5 Å². The fourth-order valence-corrected chi connectivity index (χ4v) is 1.45. The van der Waals surface area contributed by atoms with E-state index in [1.54, 1.807) is 12.1 Å². The van der Waals surface area contributed by atoms with Gasteiger partial charge in [-0.15, -0.1) is 12.3 Å². The van der Waals surface area contributed by atoms with Gasteiger partial charge >= 0.3 is 0 Å². The Morgan fingerprint density at radius 3 is 2.59 bits per heavy atom. The Kier molecular flexibility index (Phi) is 5.84. The molecular weight excluding hydrogens is 212 g/mol. The van der Waals surface area contributed by atoms with Gasteiger partial charge in [-0.3, -0.25) is 4.79 Å². The van der Waals surface area contributed by atoms with E-state index < -0.39 is 0 Å². The highest BCUT2D eigenvalue weighted by Crippen LogP contribution is 2.03. The molecule has 0 aromatic heterocycles. The summed E-state index contributed by atoms with van der Waals surface area (Å²) < 4.78 is 0. The van der Waals surface area contributed by atoms with Gasteiger partial charge in [0.05, 0.1) is 0 Å². The van der Waals surface area contributed by atoms with E-state index >= 15 is 0 Å². The van der Waals surface area contributed by atoms with Gasteiger partial charge in [0, 0.05) is 25.1 Å². The van der Waals surface area contributed by atoms with Crippen molar-refractivity contribution in [3.05, 3.63) is 35.4 Å². The normalized spacial score (nSPS) is 9.65. The van der Waals surface area contributed by atoms with Gasteiger partial charge in [0.1, 0.15) is 0 Å². The number of nitrogens with one attached hydrogen (secondary N) is 1. The first kappa shape index (κ1) is 13.3. The van der Waals surface area contributed by atoms with Gasteiger partial charge in [-0.1, -0.05) is 12.1 Å². The summed E-state index contributed by atoms with van der Waals surface area (Å²) in [5, 5.41) is 2.86. The molecule has 0 unspecified atom stereocenters. The molecule has 3 heteroatoms. The summed E-state index contributed by atoms with van der Waals surface area (Å²) in [4.78, 5) is 11.7. The lowest BCUT2D eigenvalue weighted by Gasteiger charge is -2.05. The molecular formula is C14H18N2O. The van der Waals surface area contributed by atoms with E-state index in [0.717, 1.165) is 24.8 Å². The van der Waals surface area contributed by atoms with Crippen LogP contribution >= 0.6 is 0 Å². The minimum Gasteiger partial charge on any atom is -0.352 e. The third-order valence-electron chi connectivity index (χ3n) is 2.49. The van der Waals surface area contributed by atoms with Crippen molar-refractivity contribution in [2.45, 2.75) is 25.8 Å². The number of terminal acetylenes is 1. The summed E-state index contributed by atoms with van der Waals surface area (Å²) in [6.07, 6.45) is 7.77. The molecule has 1 aromatic rings. The second-order valence-electron chi connectivity index (χ2n) is 3.82. The number of carbonyl (C=O) groups is 1. The van der Waals surface area contributed by atoms with Crippen molar-refractivity contribution in [3.63, 3.8) is 0 Å². The Morgan fingerprint density at radius 1 is 1.29 bits per heavy atom. The van der Waals surface area contributed by atoms with Crippen LogP contribution in [0.3, 0.4) is 0 Å². The van der Waals surface area contributed by atoms with Crippen molar-refractivity contribution in [2.75, 3.05) is 6.54 Å². The van der Waals surface area contributed by atoms with Gasteiger partial charge in [0.25, 0.3) is 5.91 Å². The smallest absolute Gasteiger partial charge is 0.251 e. The Morgan fingerprint density at radius 2 is 2.00 bits per heavy atom. The van der Waals surface area contributed by atoms with Crippen LogP contribution in [0.5, 0.6) is 0 Å². The molecule has 0 radical (unpaired) electrons. The summed E-state index contributed by atoms with van der Waals surface area (Å²) in [7, 11) is 0. The van der Waals surface area contributed by atoms with Crippen LogP contribution in [0, 0.1) is 12.3 Å². The van der Waals surface area contributed by atoms with Gasteiger partial charge in [-0.2, -0.15) is 0 Å². The first-order valence-corrected chi connectivity index (χ1v) is 5.78. The zero-order valence-corrected chi connectivity index (χ0v) is 9.91. The third-order valence-corrected chi connectivity index (χ3v) is 2.49. The molecule has 0 aliphatic carbocycles. The lowest BCUT2D eigenvalue weighted by molar-refractivity contribution is 0.0953. The first-order valence-electron chi connectivity index (χ1n) is 5.78. The Labute approximate surface area is 102 Å². The number of carbonyl (C=O) groups excluding carboxylic acids is 1. The third kappa shape index (κ3) is 4.71. The van der Waals surface area contributed by atoms with Gasteiger partial charge < -0.3 is 11.1 Å². The molecule has 0 saturated carbocycles. The average molecular weight is 230 g/mol. The number of unbranched alkanes of at least 4 members (excludes halogenated alkanes) is 2. The molecule has 1 aromatic carbocycles. The van der Waals surface area contributed by atoms with Crippen LogP contribution in [0.4, 0.5) is 0 Å². The molecule has 0 aliphatic rings. The topological polar surface area (TPSA) is 55.1 Å². The Bertz CT molecular complexity index is 390. The molecule has 90 valence electrons. The van der Waals surface area contributed by atoms with Crippen LogP contribution in [0.25, 0.3) is 0 Å². The van der Waals surface area contributed by atoms with Crippen LogP contribution in [0.1, 0.15) is 35.2 Å². The average Bonchev–Trinajstić information content (AvgIpc) is 2.38. The van der Waals surface area contributed by atoms with Gasteiger partial charge in [-0.25, -0.2) is 0 Å². The highest BCUT2D eigenvalue weighted by molar-refractivity contribution is 5.94. The summed E-state index contributed by atoms with van der Waals surface area (Å²) in [6, 6.07) is 7.32. The molecule has 0 atom stereocenters. The first-order chi connectivity index (χ1) is 8.27. The fourth-order valence-electron chi connectivity index (χ4n) is 1.45. The minimum absolute atomic E-state index is 0.0470. The van der Waals surface area contributed by atoms with Crippen LogP contribution < -0.4 is 11.1 Å². The second-order valence-corrected chi connectivity index (χ2v) is 3.82. The molecule has 3 N–H and O–H groups in total. The zero-order chi connectivity index (χ0) is 12.5. The van der Waals surface area contributed by atoms with E-state index in [4.69, 9.17) is 12.2 Å². The maximum absolute atomic E-state index is 11.7. The summed E-state index contributed by atoms with van der Waals surface area (Å²) in [5.41, 5.74) is 7.18. The lowest BCUT2D eigenvalue weighted by Crippen LogP contribution is -2.24. The standard InChI is InChI=1S/C14H18N2O/c1-2-3-4-5-10-16-14(17)13-8-6-12(11-15)7-9-13/h1,6-9H,3-5,10-11,15H2,(H,16,17). The SMILES string of the molecule is C#CCCCCNC(=O)c1ccc(CN)cc1. The molecule has 0 saturated heterocycles. The molecule has 0 heterocycles. The summed E-state index contributed by atoms with van der Waals surface area (Å²) >= 11 is 0. The number of rotatable bonds is 6. The molecule has 0 fully saturated rings. The van der Waals surface area contributed by atoms with Crippen LogP contribution in [-0.4, -0.2) is 12.5 Å². The van der Waals surface area contributed by atoms with E-state index in [1.165, 1.54) is 0 Å². The molecule has 3 nitrogen and oxygen atoms in total. The maximum Gasteiger partial charge on any atom is 0.251 e. The number of amides is 1. The van der Waals surface area contributed by atoms with Crippen LogP contribution in [0.15, 0.2) is 24.3 Å². The molecule has 0 spiro atoms. The second kappa shape index (κ2) is 7.48. The lowest BCUT2D eigenvalue weighted by atomic mass is 10.1. The predicted molar refractivity (Wildman–Crippen MR) is 69.4 cm³/mol. The molecule has 1 rings (SSSR count). The highest BCUT2D eigenvalue weighted by Gasteiger charge is 2.03. The van der Waals surface area contributed by atoms with E-state index in [9.17, 15) is 4.79 Å². The Balaban J connectivity index is 2.34. The van der Waals surface area contributed by atoms with Crippen molar-refractivity contribution in [2.24, 2.45) is 5.73 Å². The Hall–Kier alpha value is -1.79. The number of nitrogens with two attached hydrogens (primary N) is 1. The highest BCUT2D eigenvalue weighted by atomic mass is 16.1. The van der Waals surface area contributed by atoms with E-state index in [-0.39, 0.29) is 5.91 Å². The van der Waals surface area contributed by atoms with Crippen LogP contribution in [-0.2, 0) is 6.54 Å². The molecule has 1 amide bonds. The van der Waals surface area contributed by atoms with Crippen molar-refractivity contribution >= 4 is 5.91 Å². The van der Waals surface area contributed by atoms with Crippen molar-refractivity contribution in [3.8, 4) is 12.3 Å². The van der Waals surface area contributed by atoms with Crippen molar-refractivity contribution in [1.29, 1.82) is 0 Å². The minimum atomic E-state index is -0.0470. The number of hydrogen-bond donors (Lipinski definition) is 2. The van der Waals surface area contributed by atoms with Gasteiger partial charge in [0.15, 0.2) is 0 Å². The number of hydrogen-bond acceptors (Lipinski definition) is 2. The summed E-state index contributed by atoms with van der Waals surface area (Å²) in [6.45, 7) is 1.16. The molecule has 0 aliphatic heterocycles. The zero-order valence-electron chi connectivity index (χ0n) is 9.91. The monoisotopic (exact) mass is 230 g/mol. The van der Waals surface area contributed by atoms with E-state index in [0.29, 0.717) is 18.7 Å². The van der Waals surface area contributed by atoms with E-state index in [1.807, 2.05) is 12.1 Å². The molecule has 17 heavy (non-hydrogen) atoms. The van der Waals surface area contributed by atoms with Crippen LogP contribution in [0.2, 0.25) is 0 Å². The van der Waals surface area contributed by atoms with E-state index in [2.05, 4.69) is 11.2 Å². The largest absolute Gasteiger partial charge is 0.352 e. The van der Waals surface area contributed by atoms with Crippen molar-refractivity contribution < 1.29 is 4.79 Å². The van der Waals surface area contributed by atoms with Gasteiger partial charge in [0.2, 0.25) is 0 Å². The molecule has 0 bridgehead atoms. The quantitative estimate of drug-likeness (QED) is 0.577. The summed E-state index contributed by atoms with van der Waals surface area (Å²) in [5.74, 6) is 2.53. The predicted octanol–water partition coefficient (Wildman–Crippen LogP) is 1.68.